The molecular weight excluding hydrogens is 388 g/mol. The number of ether oxygens (including phenoxy) is 1. The minimum atomic E-state index is -0.155. The molecule has 3 aromatic carbocycles. The number of methoxy groups -OCH3 is 1. The van der Waals surface area contributed by atoms with E-state index in [1.165, 1.54) is 24.5 Å². The molecule has 0 saturated carbocycles. The summed E-state index contributed by atoms with van der Waals surface area (Å²) in [5, 5.41) is 0. The van der Waals surface area contributed by atoms with Crippen molar-refractivity contribution in [2.45, 2.75) is 24.5 Å². The Labute approximate surface area is 151 Å². The molecule has 0 atom stereocenters. The largest absolute Gasteiger partial charge is 0.491 e. The van der Waals surface area contributed by atoms with Gasteiger partial charge in [0.15, 0.2) is 15.5 Å². The monoisotopic (exact) mass is 401 g/mol. The molecule has 0 fully saturated rings. The third-order valence-corrected chi connectivity index (χ3v) is 7.96. The highest BCUT2D eigenvalue weighted by molar-refractivity contribution is 9.10. The Morgan fingerprint density at radius 2 is 1.43 bits per heavy atom. The van der Waals surface area contributed by atoms with Gasteiger partial charge in [0.25, 0.3) is 0 Å². The van der Waals surface area contributed by atoms with Crippen molar-refractivity contribution in [2.24, 2.45) is 0 Å². The van der Waals surface area contributed by atoms with Crippen LogP contribution in [0.1, 0.15) is 0 Å². The van der Waals surface area contributed by atoms with Crippen LogP contribution in [0.3, 0.4) is 0 Å². The number of benzene rings is 3. The van der Waals surface area contributed by atoms with Crippen LogP contribution in [0.4, 0.5) is 0 Å². The van der Waals surface area contributed by atoms with E-state index >= 15 is 0 Å². The van der Waals surface area contributed by atoms with E-state index in [-0.39, 0.29) is 10.9 Å². The summed E-state index contributed by atoms with van der Waals surface area (Å²) in [6, 6.07) is 23.6. The first-order chi connectivity index (χ1) is 11.3. The molecule has 0 amide bonds. The van der Waals surface area contributed by atoms with Crippen LogP contribution in [0.2, 0.25) is 0 Å². The summed E-state index contributed by atoms with van der Waals surface area (Å²) >= 11 is 5.47. The highest BCUT2D eigenvalue weighted by Crippen LogP contribution is 2.50. The van der Waals surface area contributed by atoms with Crippen molar-refractivity contribution in [1.29, 1.82) is 0 Å². The van der Waals surface area contributed by atoms with Crippen LogP contribution in [-0.4, -0.2) is 7.11 Å². The Hall–Kier alpha value is -1.36. The molecule has 4 rings (SSSR count). The predicted octanol–water partition coefficient (Wildman–Crippen LogP) is 6.02. The molecule has 0 bridgehead atoms. The lowest BCUT2D eigenvalue weighted by atomic mass is 10.3. The first-order valence-corrected chi connectivity index (χ1v) is 10.0. The summed E-state index contributed by atoms with van der Waals surface area (Å²) in [6.45, 7) is 0. The number of rotatable bonds is 2. The van der Waals surface area contributed by atoms with Gasteiger partial charge in [-0.25, -0.2) is 0 Å². The van der Waals surface area contributed by atoms with Crippen molar-refractivity contribution in [3.63, 3.8) is 0 Å². The lowest BCUT2D eigenvalue weighted by molar-refractivity contribution is 0.404. The summed E-state index contributed by atoms with van der Waals surface area (Å²) in [5.74, 6) is 0.938. The van der Waals surface area contributed by atoms with Gasteiger partial charge in [0.05, 0.1) is 16.9 Å². The highest BCUT2D eigenvalue weighted by atomic mass is 79.9. The van der Waals surface area contributed by atoms with E-state index in [0.717, 1.165) is 10.2 Å². The lowest BCUT2D eigenvalue weighted by Crippen LogP contribution is -2.12. The molecular formula is C19H14BrOS2+. The highest BCUT2D eigenvalue weighted by Gasteiger charge is 2.39. The molecule has 0 saturated heterocycles. The van der Waals surface area contributed by atoms with Crippen LogP contribution < -0.4 is 4.74 Å². The van der Waals surface area contributed by atoms with Gasteiger partial charge >= 0.3 is 0 Å². The van der Waals surface area contributed by atoms with Crippen molar-refractivity contribution in [1.82, 2.24) is 0 Å². The van der Waals surface area contributed by atoms with E-state index in [1.54, 1.807) is 7.11 Å². The van der Waals surface area contributed by atoms with E-state index in [0.29, 0.717) is 0 Å². The second-order valence-corrected chi connectivity index (χ2v) is 9.03. The molecule has 0 aromatic heterocycles. The van der Waals surface area contributed by atoms with Gasteiger partial charge in [0.2, 0.25) is 4.90 Å². The Morgan fingerprint density at radius 3 is 2.04 bits per heavy atom. The van der Waals surface area contributed by atoms with E-state index in [9.17, 15) is 0 Å². The molecule has 1 aliphatic heterocycles. The zero-order valence-electron chi connectivity index (χ0n) is 12.5. The maximum absolute atomic E-state index is 5.66. The van der Waals surface area contributed by atoms with Crippen molar-refractivity contribution < 1.29 is 4.74 Å². The van der Waals surface area contributed by atoms with Crippen molar-refractivity contribution in [3.8, 4) is 5.75 Å². The minimum absolute atomic E-state index is 0.155. The van der Waals surface area contributed by atoms with E-state index in [2.05, 4.69) is 70.5 Å². The number of hydrogen-bond donors (Lipinski definition) is 0. The van der Waals surface area contributed by atoms with Gasteiger partial charge in [-0.2, -0.15) is 0 Å². The Bertz CT molecular complexity index is 833. The van der Waals surface area contributed by atoms with Crippen molar-refractivity contribution in [3.05, 3.63) is 71.2 Å². The molecule has 0 aliphatic carbocycles. The van der Waals surface area contributed by atoms with Gasteiger partial charge in [-0.3, -0.25) is 0 Å². The molecule has 114 valence electrons. The quantitative estimate of drug-likeness (QED) is 0.380. The van der Waals surface area contributed by atoms with E-state index in [4.69, 9.17) is 4.74 Å². The maximum atomic E-state index is 5.66. The smallest absolute Gasteiger partial charge is 0.209 e. The standard InChI is InChI=1S/C19H14BrOS2/c1-21-14-11-10-13(20)12-19(14)23-17-8-4-2-6-15(17)22-16-7-3-5-9-18(16)23/h2-12H,1H3/q+1. The fourth-order valence-electron chi connectivity index (χ4n) is 2.69. The number of halogens is 1. The van der Waals surface area contributed by atoms with Crippen molar-refractivity contribution >= 4 is 38.6 Å². The summed E-state index contributed by atoms with van der Waals surface area (Å²) in [7, 11) is 1.59. The van der Waals surface area contributed by atoms with Crippen LogP contribution >= 0.6 is 27.7 Å². The van der Waals surface area contributed by atoms with Gasteiger partial charge < -0.3 is 4.74 Å². The predicted molar refractivity (Wildman–Crippen MR) is 99.9 cm³/mol. The zero-order chi connectivity index (χ0) is 15.8. The van der Waals surface area contributed by atoms with Gasteiger partial charge in [-0.1, -0.05) is 52.0 Å². The summed E-state index contributed by atoms with van der Waals surface area (Å²) < 4.78 is 6.74. The minimum Gasteiger partial charge on any atom is -0.491 e. The van der Waals surface area contributed by atoms with Crippen molar-refractivity contribution in [2.75, 3.05) is 7.11 Å². The van der Waals surface area contributed by atoms with Crippen LogP contribution in [0.15, 0.2) is 95.7 Å². The zero-order valence-corrected chi connectivity index (χ0v) is 15.7. The molecule has 4 heteroatoms. The third-order valence-electron chi connectivity index (χ3n) is 3.70. The molecule has 3 aromatic rings. The van der Waals surface area contributed by atoms with Crippen LogP contribution in [0.5, 0.6) is 5.75 Å². The topological polar surface area (TPSA) is 9.23 Å². The lowest BCUT2D eigenvalue weighted by Gasteiger charge is -2.19. The number of hydrogen-bond acceptors (Lipinski definition) is 2. The molecule has 0 radical (unpaired) electrons. The molecule has 0 unspecified atom stereocenters. The first-order valence-electron chi connectivity index (χ1n) is 7.21. The normalized spacial score (nSPS) is 13.3. The third kappa shape index (κ3) is 2.69. The molecule has 1 heterocycles. The molecule has 23 heavy (non-hydrogen) atoms. The summed E-state index contributed by atoms with van der Waals surface area (Å²) in [4.78, 5) is 6.62. The van der Waals surface area contributed by atoms with Gasteiger partial charge in [-0.15, -0.1) is 0 Å². The Morgan fingerprint density at radius 1 is 0.826 bits per heavy atom. The average molecular weight is 402 g/mol. The van der Waals surface area contributed by atoms with Gasteiger partial charge in [0, 0.05) is 10.5 Å². The van der Waals surface area contributed by atoms with E-state index < -0.39 is 0 Å². The van der Waals surface area contributed by atoms with Gasteiger partial charge in [0.1, 0.15) is 10.9 Å². The molecule has 1 nitrogen and oxygen atoms in total. The molecule has 0 spiro atoms. The summed E-state index contributed by atoms with van der Waals surface area (Å²) in [6.07, 6.45) is 0. The first kappa shape index (κ1) is 15.2. The SMILES string of the molecule is COc1ccc(Br)cc1[S+]1c2ccccc2Sc2ccccc21. The van der Waals surface area contributed by atoms with Crippen LogP contribution in [0.25, 0.3) is 0 Å². The van der Waals surface area contributed by atoms with Crippen LogP contribution in [0, 0.1) is 0 Å². The fraction of sp³-hybridized carbons (Fsp3) is 0.0526. The Balaban J connectivity index is 2.00. The maximum Gasteiger partial charge on any atom is 0.209 e. The average Bonchev–Trinajstić information content (AvgIpc) is 2.59. The number of fused-ring (bicyclic) bond motifs is 2. The Kier molecular flexibility index (Phi) is 4.14. The van der Waals surface area contributed by atoms with Gasteiger partial charge in [-0.05, 0) is 36.4 Å². The second kappa shape index (κ2) is 6.27. The molecule has 1 aliphatic rings. The van der Waals surface area contributed by atoms with E-state index in [1.807, 2.05) is 23.9 Å². The summed E-state index contributed by atoms with van der Waals surface area (Å²) in [5.41, 5.74) is 0. The molecule has 0 N–H and O–H groups in total. The second-order valence-electron chi connectivity index (χ2n) is 5.10. The van der Waals surface area contributed by atoms with Crippen LogP contribution in [-0.2, 0) is 10.9 Å². The fourth-order valence-corrected chi connectivity index (χ4v) is 7.10.